The molecule has 1 aromatic rings. The molecule has 110 valence electrons. The van der Waals surface area contributed by atoms with E-state index in [2.05, 4.69) is 15.5 Å². The number of aryl methyl sites for hydroxylation is 1. The van der Waals surface area contributed by atoms with Crippen molar-refractivity contribution in [1.29, 1.82) is 0 Å². The Balaban J connectivity index is 1.82. The molecule has 1 atom stereocenters. The van der Waals surface area contributed by atoms with Gasteiger partial charge in [-0.25, -0.2) is 4.79 Å². The lowest BCUT2D eigenvalue weighted by Gasteiger charge is -2.32. The Hall–Kier alpha value is -2.16. The van der Waals surface area contributed by atoms with Gasteiger partial charge in [0.1, 0.15) is 6.33 Å². The summed E-state index contributed by atoms with van der Waals surface area (Å²) in [5.74, 6) is -0.287. The summed E-state index contributed by atoms with van der Waals surface area (Å²) in [6.45, 7) is 1.34. The van der Waals surface area contributed by atoms with E-state index in [-0.39, 0.29) is 25.5 Å². The molecule has 2 heterocycles. The smallest absolute Gasteiger partial charge is 0.317 e. The van der Waals surface area contributed by atoms with Gasteiger partial charge < -0.3 is 24.6 Å². The Morgan fingerprint density at radius 3 is 3.05 bits per heavy atom. The fourth-order valence-corrected chi connectivity index (χ4v) is 1.96. The first-order valence-corrected chi connectivity index (χ1v) is 6.25. The van der Waals surface area contributed by atoms with Gasteiger partial charge in [-0.3, -0.25) is 4.79 Å². The number of carboxylic acids is 1. The van der Waals surface area contributed by atoms with E-state index in [1.165, 1.54) is 0 Å². The summed E-state index contributed by atoms with van der Waals surface area (Å²) in [7, 11) is 1.79. The number of aliphatic carboxylic acids is 1. The number of carbonyl (C=O) groups excluding carboxylic acids is 1. The number of aromatic nitrogens is 3. The second-order valence-corrected chi connectivity index (χ2v) is 4.55. The SMILES string of the molecule is Cn1cnnc1CNC(=O)N1CCOC(CC(=O)O)C1. The van der Waals surface area contributed by atoms with Gasteiger partial charge in [0.25, 0.3) is 0 Å². The average Bonchev–Trinajstić information content (AvgIpc) is 2.81. The summed E-state index contributed by atoms with van der Waals surface area (Å²) in [5.41, 5.74) is 0. The summed E-state index contributed by atoms with van der Waals surface area (Å²) in [6, 6.07) is -0.258. The third kappa shape index (κ3) is 3.67. The lowest BCUT2D eigenvalue weighted by Crippen LogP contribution is -2.50. The molecule has 1 fully saturated rings. The van der Waals surface area contributed by atoms with Crippen molar-refractivity contribution < 1.29 is 19.4 Å². The number of carboxylic acid groups (broad SMARTS) is 1. The van der Waals surface area contributed by atoms with E-state index in [1.807, 2.05) is 0 Å². The molecule has 2 N–H and O–H groups in total. The molecule has 9 nitrogen and oxygen atoms in total. The highest BCUT2D eigenvalue weighted by Crippen LogP contribution is 2.09. The minimum absolute atomic E-state index is 0.104. The largest absolute Gasteiger partial charge is 0.481 e. The van der Waals surface area contributed by atoms with Crippen molar-refractivity contribution in [3.63, 3.8) is 0 Å². The number of morpholine rings is 1. The lowest BCUT2D eigenvalue weighted by molar-refractivity contribution is -0.141. The molecule has 0 bridgehead atoms. The minimum atomic E-state index is -0.934. The molecular formula is C11H17N5O4. The summed E-state index contributed by atoms with van der Waals surface area (Å²) < 4.78 is 7.02. The Labute approximate surface area is 115 Å². The van der Waals surface area contributed by atoms with Crippen molar-refractivity contribution in [2.75, 3.05) is 19.7 Å². The van der Waals surface area contributed by atoms with Gasteiger partial charge in [-0.1, -0.05) is 0 Å². The van der Waals surface area contributed by atoms with Crippen LogP contribution in [0.3, 0.4) is 0 Å². The van der Waals surface area contributed by atoms with Crippen LogP contribution < -0.4 is 5.32 Å². The highest BCUT2D eigenvalue weighted by molar-refractivity contribution is 5.74. The monoisotopic (exact) mass is 283 g/mol. The first-order valence-electron chi connectivity index (χ1n) is 6.25. The summed E-state index contributed by atoms with van der Waals surface area (Å²) in [5, 5.41) is 19.0. The molecule has 0 spiro atoms. The highest BCUT2D eigenvalue weighted by Gasteiger charge is 2.25. The van der Waals surface area contributed by atoms with Gasteiger partial charge >= 0.3 is 12.0 Å². The zero-order valence-electron chi connectivity index (χ0n) is 11.2. The number of carbonyl (C=O) groups is 2. The fourth-order valence-electron chi connectivity index (χ4n) is 1.96. The molecule has 1 aliphatic heterocycles. The van der Waals surface area contributed by atoms with Gasteiger partial charge in [0.05, 0.1) is 25.7 Å². The van der Waals surface area contributed by atoms with Crippen LogP contribution in [0.4, 0.5) is 4.79 Å². The van der Waals surface area contributed by atoms with E-state index in [0.717, 1.165) is 0 Å². The second-order valence-electron chi connectivity index (χ2n) is 4.55. The number of ether oxygens (including phenoxy) is 1. The molecule has 0 saturated carbocycles. The van der Waals surface area contributed by atoms with E-state index in [9.17, 15) is 9.59 Å². The molecule has 1 saturated heterocycles. The number of amides is 2. The molecule has 1 aromatic heterocycles. The first kappa shape index (κ1) is 14.3. The maximum Gasteiger partial charge on any atom is 0.317 e. The molecule has 2 amide bonds. The van der Waals surface area contributed by atoms with Gasteiger partial charge in [-0.15, -0.1) is 10.2 Å². The Morgan fingerprint density at radius 2 is 2.40 bits per heavy atom. The van der Waals surface area contributed by atoms with Crippen LogP contribution in [0.25, 0.3) is 0 Å². The van der Waals surface area contributed by atoms with Crippen LogP contribution in [-0.2, 0) is 23.1 Å². The third-order valence-electron chi connectivity index (χ3n) is 3.03. The molecule has 1 unspecified atom stereocenters. The quantitative estimate of drug-likeness (QED) is 0.748. The number of hydrogen-bond donors (Lipinski definition) is 2. The number of nitrogens with one attached hydrogen (secondary N) is 1. The summed E-state index contributed by atoms with van der Waals surface area (Å²) in [6.07, 6.45) is 0.994. The Morgan fingerprint density at radius 1 is 1.60 bits per heavy atom. The average molecular weight is 283 g/mol. The van der Waals surface area contributed by atoms with Gasteiger partial charge in [0.2, 0.25) is 0 Å². The van der Waals surface area contributed by atoms with Crippen LogP contribution >= 0.6 is 0 Å². The molecule has 1 aliphatic rings. The van der Waals surface area contributed by atoms with E-state index >= 15 is 0 Å². The van der Waals surface area contributed by atoms with Gasteiger partial charge in [-0.05, 0) is 0 Å². The zero-order valence-corrected chi connectivity index (χ0v) is 11.2. The van der Waals surface area contributed by atoms with Gasteiger partial charge in [-0.2, -0.15) is 0 Å². The molecule has 9 heteroatoms. The molecule has 0 radical (unpaired) electrons. The van der Waals surface area contributed by atoms with Crippen molar-refractivity contribution in [3.8, 4) is 0 Å². The van der Waals surface area contributed by atoms with Crippen LogP contribution in [0.5, 0.6) is 0 Å². The first-order chi connectivity index (χ1) is 9.56. The highest BCUT2D eigenvalue weighted by atomic mass is 16.5. The standard InChI is InChI=1S/C11H17N5O4/c1-15-7-13-14-9(15)5-12-11(19)16-2-3-20-8(6-16)4-10(17)18/h7-8H,2-6H2,1H3,(H,12,19)(H,17,18). The maximum absolute atomic E-state index is 12.0. The van der Waals surface area contributed by atoms with Crippen molar-refractivity contribution in [1.82, 2.24) is 25.0 Å². The molecule has 2 rings (SSSR count). The topological polar surface area (TPSA) is 110 Å². The third-order valence-corrected chi connectivity index (χ3v) is 3.03. The second kappa shape index (κ2) is 6.33. The summed E-state index contributed by atoms with van der Waals surface area (Å²) in [4.78, 5) is 24.2. The van der Waals surface area contributed by atoms with Crippen molar-refractivity contribution >= 4 is 12.0 Å². The van der Waals surface area contributed by atoms with Crippen molar-refractivity contribution in [2.24, 2.45) is 7.05 Å². The minimum Gasteiger partial charge on any atom is -0.481 e. The fraction of sp³-hybridized carbons (Fsp3) is 0.636. The number of hydrogen-bond acceptors (Lipinski definition) is 5. The van der Waals surface area contributed by atoms with Crippen LogP contribution in [0, 0.1) is 0 Å². The van der Waals surface area contributed by atoms with E-state index < -0.39 is 12.1 Å². The van der Waals surface area contributed by atoms with Crippen molar-refractivity contribution in [3.05, 3.63) is 12.2 Å². The Kier molecular flexibility index (Phi) is 4.51. The van der Waals surface area contributed by atoms with Crippen LogP contribution in [0.15, 0.2) is 6.33 Å². The van der Waals surface area contributed by atoms with Crippen LogP contribution in [0.2, 0.25) is 0 Å². The van der Waals surface area contributed by atoms with Gasteiger partial charge in [0.15, 0.2) is 5.82 Å². The molecule has 0 aliphatic carbocycles. The maximum atomic E-state index is 12.0. The molecule has 20 heavy (non-hydrogen) atoms. The van der Waals surface area contributed by atoms with Gasteiger partial charge in [0, 0.05) is 20.1 Å². The van der Waals surface area contributed by atoms with E-state index in [4.69, 9.17) is 9.84 Å². The predicted octanol–water partition coefficient (Wildman–Crippen LogP) is -0.800. The van der Waals surface area contributed by atoms with Crippen molar-refractivity contribution in [2.45, 2.75) is 19.1 Å². The predicted molar refractivity (Wildman–Crippen MR) is 66.8 cm³/mol. The number of nitrogens with zero attached hydrogens (tertiary/aromatic N) is 4. The summed E-state index contributed by atoms with van der Waals surface area (Å²) >= 11 is 0. The van der Waals surface area contributed by atoms with E-state index in [1.54, 1.807) is 22.8 Å². The lowest BCUT2D eigenvalue weighted by atomic mass is 10.2. The van der Waals surface area contributed by atoms with E-state index in [0.29, 0.717) is 19.0 Å². The van der Waals surface area contributed by atoms with Crippen LogP contribution in [0.1, 0.15) is 12.2 Å². The number of rotatable bonds is 4. The Bertz CT molecular complexity index is 489. The number of urea groups is 1. The zero-order chi connectivity index (χ0) is 14.5. The molecular weight excluding hydrogens is 266 g/mol. The molecule has 0 aromatic carbocycles. The van der Waals surface area contributed by atoms with Crippen LogP contribution in [-0.4, -0.2) is 62.6 Å². The normalized spacial score (nSPS) is 18.9.